The van der Waals surface area contributed by atoms with E-state index in [1.165, 1.54) is 10.5 Å². The van der Waals surface area contributed by atoms with Crippen molar-refractivity contribution in [2.75, 3.05) is 6.54 Å². The zero-order valence-corrected chi connectivity index (χ0v) is 14.0. The molecule has 0 atom stereocenters. The molecule has 0 saturated heterocycles. The zero-order valence-electron chi connectivity index (χ0n) is 12.3. The smallest absolute Gasteiger partial charge is 0.244 e. The number of hydrogen-bond donors (Lipinski definition) is 0. The van der Waals surface area contributed by atoms with Gasteiger partial charge in [-0.05, 0) is 36.1 Å². The van der Waals surface area contributed by atoms with E-state index in [4.69, 9.17) is 4.42 Å². The van der Waals surface area contributed by atoms with Gasteiger partial charge in [0.2, 0.25) is 10.0 Å². The normalized spacial score (nSPS) is 11.9. The molecule has 3 aromatic rings. The molecule has 0 aliphatic carbocycles. The summed E-state index contributed by atoms with van der Waals surface area (Å²) in [5.74, 6) is 0. The molecule has 120 valence electrons. The summed E-state index contributed by atoms with van der Waals surface area (Å²) >= 11 is 1.63. The minimum atomic E-state index is -3.60. The molecule has 0 amide bonds. The van der Waals surface area contributed by atoms with Crippen molar-refractivity contribution in [3.05, 3.63) is 71.1 Å². The predicted octanol–water partition coefficient (Wildman–Crippen LogP) is 3.17. The Kier molecular flexibility index (Phi) is 4.90. The number of sulfonamides is 1. The number of furan rings is 1. The van der Waals surface area contributed by atoms with Gasteiger partial charge < -0.3 is 4.42 Å². The predicted molar refractivity (Wildman–Crippen MR) is 88.6 cm³/mol. The summed E-state index contributed by atoms with van der Waals surface area (Å²) in [6, 6.07) is 8.95. The first-order valence-electron chi connectivity index (χ1n) is 7.10. The van der Waals surface area contributed by atoms with Gasteiger partial charge in [0.15, 0.2) is 0 Å². The average Bonchev–Trinajstić information content (AvgIpc) is 3.25. The molecule has 7 heteroatoms. The van der Waals surface area contributed by atoms with Gasteiger partial charge in [0, 0.05) is 35.9 Å². The van der Waals surface area contributed by atoms with Gasteiger partial charge in [0.1, 0.15) is 4.90 Å². The molecule has 0 radical (unpaired) electrons. The van der Waals surface area contributed by atoms with Crippen molar-refractivity contribution in [2.24, 2.45) is 0 Å². The van der Waals surface area contributed by atoms with E-state index in [1.807, 2.05) is 17.5 Å². The largest absolute Gasteiger partial charge is 0.472 e. The van der Waals surface area contributed by atoms with Gasteiger partial charge in [-0.3, -0.25) is 4.98 Å². The number of thiophene rings is 1. The van der Waals surface area contributed by atoms with Crippen LogP contribution in [0.3, 0.4) is 0 Å². The molecule has 3 heterocycles. The average molecular weight is 348 g/mol. The van der Waals surface area contributed by atoms with Gasteiger partial charge in [0.25, 0.3) is 0 Å². The molecular weight excluding hydrogens is 332 g/mol. The Hall–Kier alpha value is -1.96. The van der Waals surface area contributed by atoms with Crippen LogP contribution in [-0.4, -0.2) is 24.3 Å². The first-order valence-corrected chi connectivity index (χ1v) is 9.42. The van der Waals surface area contributed by atoms with Gasteiger partial charge in [-0.25, -0.2) is 8.42 Å². The summed E-state index contributed by atoms with van der Waals surface area (Å²) in [6.07, 6.45) is 6.73. The highest BCUT2D eigenvalue weighted by Gasteiger charge is 2.25. The minimum absolute atomic E-state index is 0.203. The van der Waals surface area contributed by atoms with Gasteiger partial charge in [-0.1, -0.05) is 6.07 Å². The number of pyridine rings is 1. The van der Waals surface area contributed by atoms with E-state index in [1.54, 1.807) is 48.3 Å². The van der Waals surface area contributed by atoms with E-state index >= 15 is 0 Å². The molecule has 23 heavy (non-hydrogen) atoms. The van der Waals surface area contributed by atoms with Gasteiger partial charge in [0.05, 0.1) is 12.5 Å². The van der Waals surface area contributed by atoms with Gasteiger partial charge in [-0.15, -0.1) is 11.3 Å². The maximum Gasteiger partial charge on any atom is 0.244 e. The Morgan fingerprint density at radius 1 is 1.22 bits per heavy atom. The SMILES string of the molecule is O=S(=O)(c1cccnc1)N(CCc1cccs1)Cc1ccoc1. The van der Waals surface area contributed by atoms with E-state index < -0.39 is 10.0 Å². The lowest BCUT2D eigenvalue weighted by Crippen LogP contribution is -2.32. The molecule has 0 spiro atoms. The molecule has 5 nitrogen and oxygen atoms in total. The van der Waals surface area contributed by atoms with Crippen LogP contribution in [0.2, 0.25) is 0 Å². The molecule has 0 fully saturated rings. The minimum Gasteiger partial charge on any atom is -0.472 e. The van der Waals surface area contributed by atoms with Gasteiger partial charge >= 0.3 is 0 Å². The van der Waals surface area contributed by atoms with E-state index in [0.29, 0.717) is 13.0 Å². The fourth-order valence-electron chi connectivity index (χ4n) is 2.21. The van der Waals surface area contributed by atoms with Crippen molar-refractivity contribution in [3.8, 4) is 0 Å². The van der Waals surface area contributed by atoms with Crippen molar-refractivity contribution in [2.45, 2.75) is 17.9 Å². The van der Waals surface area contributed by atoms with Crippen molar-refractivity contribution in [1.29, 1.82) is 0 Å². The van der Waals surface area contributed by atoms with Crippen LogP contribution < -0.4 is 0 Å². The summed E-state index contributed by atoms with van der Waals surface area (Å²) < 4.78 is 32.3. The van der Waals surface area contributed by atoms with Crippen molar-refractivity contribution < 1.29 is 12.8 Å². The Labute approximate surface area is 139 Å². The lowest BCUT2D eigenvalue weighted by molar-refractivity contribution is 0.408. The van der Waals surface area contributed by atoms with E-state index in [9.17, 15) is 8.42 Å². The van der Waals surface area contributed by atoms with Crippen LogP contribution in [-0.2, 0) is 23.0 Å². The highest BCUT2D eigenvalue weighted by molar-refractivity contribution is 7.89. The van der Waals surface area contributed by atoms with Crippen LogP contribution in [0.1, 0.15) is 10.4 Å². The van der Waals surface area contributed by atoms with Crippen LogP contribution in [0.25, 0.3) is 0 Å². The summed E-state index contributed by atoms with van der Waals surface area (Å²) in [5.41, 5.74) is 0.823. The van der Waals surface area contributed by atoms with Crippen molar-refractivity contribution in [1.82, 2.24) is 9.29 Å². The topological polar surface area (TPSA) is 63.4 Å². The van der Waals surface area contributed by atoms with Crippen LogP contribution in [0.5, 0.6) is 0 Å². The molecule has 0 bridgehead atoms. The first kappa shape index (κ1) is 15.9. The first-order chi connectivity index (χ1) is 11.2. The number of rotatable bonds is 7. The fourth-order valence-corrected chi connectivity index (χ4v) is 4.30. The number of hydrogen-bond acceptors (Lipinski definition) is 5. The van der Waals surface area contributed by atoms with Crippen molar-refractivity contribution >= 4 is 21.4 Å². The summed E-state index contributed by atoms with van der Waals surface area (Å²) in [7, 11) is -3.60. The maximum atomic E-state index is 12.9. The Morgan fingerprint density at radius 3 is 2.78 bits per heavy atom. The quantitative estimate of drug-likeness (QED) is 0.658. The summed E-state index contributed by atoms with van der Waals surface area (Å²) in [4.78, 5) is 5.28. The van der Waals surface area contributed by atoms with Crippen LogP contribution in [0.15, 0.2) is 69.9 Å². The third kappa shape index (κ3) is 3.87. The second kappa shape index (κ2) is 7.08. The third-order valence-corrected chi connectivity index (χ3v) is 6.16. The molecule has 3 aromatic heterocycles. The monoisotopic (exact) mass is 348 g/mol. The zero-order chi connectivity index (χ0) is 16.1. The second-order valence-corrected chi connectivity index (χ2v) is 7.96. The molecular formula is C16H16N2O3S2. The lowest BCUT2D eigenvalue weighted by Gasteiger charge is -2.21. The Morgan fingerprint density at radius 2 is 2.13 bits per heavy atom. The van der Waals surface area contributed by atoms with Crippen LogP contribution in [0, 0.1) is 0 Å². The molecule has 0 N–H and O–H groups in total. The summed E-state index contributed by atoms with van der Waals surface area (Å²) in [6.45, 7) is 0.683. The lowest BCUT2D eigenvalue weighted by atomic mass is 10.3. The number of nitrogens with zero attached hydrogens (tertiary/aromatic N) is 2. The molecule has 0 aliphatic heterocycles. The Bertz CT molecular complexity index is 814. The standard InChI is InChI=1S/C16H16N2O3S2/c19-23(20,16-4-1-7-17-11-16)18(12-14-6-9-21-13-14)8-5-15-3-2-10-22-15/h1-4,6-7,9-11,13H,5,8,12H2. The van der Waals surface area contributed by atoms with E-state index in [2.05, 4.69) is 4.98 Å². The van der Waals surface area contributed by atoms with Crippen LogP contribution in [0.4, 0.5) is 0 Å². The van der Waals surface area contributed by atoms with Crippen LogP contribution >= 0.6 is 11.3 Å². The third-order valence-electron chi connectivity index (χ3n) is 3.40. The summed E-state index contributed by atoms with van der Waals surface area (Å²) in [5, 5.41) is 1.99. The van der Waals surface area contributed by atoms with Gasteiger partial charge in [-0.2, -0.15) is 4.31 Å². The molecule has 0 saturated carbocycles. The molecule has 0 unspecified atom stereocenters. The highest BCUT2D eigenvalue weighted by atomic mass is 32.2. The van der Waals surface area contributed by atoms with E-state index in [0.717, 1.165) is 10.4 Å². The fraction of sp³-hybridized carbons (Fsp3) is 0.188. The molecule has 0 aliphatic rings. The molecule has 0 aromatic carbocycles. The highest BCUT2D eigenvalue weighted by Crippen LogP contribution is 2.19. The number of aromatic nitrogens is 1. The maximum absolute atomic E-state index is 12.9. The Balaban J connectivity index is 1.84. The molecule has 3 rings (SSSR count). The second-order valence-electron chi connectivity index (χ2n) is 4.99. The van der Waals surface area contributed by atoms with E-state index in [-0.39, 0.29) is 11.4 Å². The van der Waals surface area contributed by atoms with Crippen molar-refractivity contribution in [3.63, 3.8) is 0 Å².